The van der Waals surface area contributed by atoms with Crippen molar-refractivity contribution in [2.45, 2.75) is 11.7 Å². The number of thiol groups is 1. The second kappa shape index (κ2) is 3.61. The van der Waals surface area contributed by atoms with Crippen LogP contribution in [0.25, 0.3) is 0 Å². The van der Waals surface area contributed by atoms with E-state index in [-0.39, 0.29) is 17.0 Å². The van der Waals surface area contributed by atoms with Crippen molar-refractivity contribution in [3.05, 3.63) is 30.1 Å². The molecule has 2 rings (SSSR count). The third-order valence-electron chi connectivity index (χ3n) is 2.22. The summed E-state index contributed by atoms with van der Waals surface area (Å²) in [5.41, 5.74) is 0.617. The van der Waals surface area contributed by atoms with Gasteiger partial charge in [0.05, 0.1) is 0 Å². The van der Waals surface area contributed by atoms with E-state index in [1.807, 2.05) is 0 Å². The van der Waals surface area contributed by atoms with Crippen molar-refractivity contribution in [1.82, 2.24) is 0 Å². The molecule has 1 fully saturated rings. The van der Waals surface area contributed by atoms with Crippen LogP contribution in [-0.4, -0.2) is 17.7 Å². The van der Waals surface area contributed by atoms with E-state index >= 15 is 0 Å². The third kappa shape index (κ3) is 1.75. The van der Waals surface area contributed by atoms with Gasteiger partial charge in [-0.2, -0.15) is 12.6 Å². The van der Waals surface area contributed by atoms with E-state index < -0.39 is 0 Å². The van der Waals surface area contributed by atoms with E-state index in [9.17, 15) is 9.18 Å². The van der Waals surface area contributed by atoms with Crippen LogP contribution in [0.5, 0.6) is 0 Å². The Morgan fingerprint density at radius 3 is 2.86 bits per heavy atom. The van der Waals surface area contributed by atoms with Crippen LogP contribution in [0.1, 0.15) is 6.42 Å². The molecule has 1 amide bonds. The van der Waals surface area contributed by atoms with E-state index in [0.717, 1.165) is 0 Å². The summed E-state index contributed by atoms with van der Waals surface area (Å²) in [5.74, 6) is -0.312. The number of hydrogen-bond donors (Lipinski definition) is 1. The first-order valence-electron chi connectivity index (χ1n) is 4.41. The first-order valence-corrected chi connectivity index (χ1v) is 4.92. The van der Waals surface area contributed by atoms with Gasteiger partial charge in [0.15, 0.2) is 0 Å². The molecular formula is C10H10FNOS. The lowest BCUT2D eigenvalue weighted by molar-refractivity contribution is -0.117. The van der Waals surface area contributed by atoms with Gasteiger partial charge in [-0.15, -0.1) is 0 Å². The van der Waals surface area contributed by atoms with Crippen LogP contribution >= 0.6 is 12.6 Å². The van der Waals surface area contributed by atoms with E-state index in [4.69, 9.17) is 0 Å². The molecule has 14 heavy (non-hydrogen) atoms. The predicted octanol–water partition coefficient (Wildman–Crippen LogP) is 1.86. The highest BCUT2D eigenvalue weighted by atomic mass is 32.1. The number of benzene rings is 1. The van der Waals surface area contributed by atoms with Gasteiger partial charge >= 0.3 is 0 Å². The van der Waals surface area contributed by atoms with Crippen LogP contribution in [0.2, 0.25) is 0 Å². The summed E-state index contributed by atoms with van der Waals surface area (Å²) < 4.78 is 12.9. The molecule has 0 saturated carbocycles. The van der Waals surface area contributed by atoms with E-state index in [1.54, 1.807) is 17.0 Å². The number of carbonyl (C=O) groups is 1. The molecule has 1 aromatic rings. The minimum Gasteiger partial charge on any atom is -0.311 e. The van der Waals surface area contributed by atoms with Gasteiger partial charge in [-0.3, -0.25) is 4.79 Å². The fourth-order valence-corrected chi connectivity index (χ4v) is 1.90. The van der Waals surface area contributed by atoms with Crippen LogP contribution < -0.4 is 4.90 Å². The number of carbonyl (C=O) groups excluding carboxylic acids is 1. The zero-order valence-electron chi connectivity index (χ0n) is 7.48. The normalized spacial score (nSPS) is 21.7. The average molecular weight is 211 g/mol. The zero-order chi connectivity index (χ0) is 10.1. The van der Waals surface area contributed by atoms with Crippen molar-refractivity contribution >= 4 is 24.2 Å². The monoisotopic (exact) mass is 211 g/mol. The summed E-state index contributed by atoms with van der Waals surface area (Å²) in [7, 11) is 0. The van der Waals surface area contributed by atoms with Gasteiger partial charge in [0.1, 0.15) is 5.82 Å². The van der Waals surface area contributed by atoms with Gasteiger partial charge < -0.3 is 4.90 Å². The molecule has 1 heterocycles. The first-order chi connectivity index (χ1) is 6.66. The average Bonchev–Trinajstić information content (AvgIpc) is 2.45. The van der Waals surface area contributed by atoms with E-state index in [1.165, 1.54) is 12.1 Å². The van der Waals surface area contributed by atoms with Crippen LogP contribution in [0, 0.1) is 5.82 Å². The second-order valence-electron chi connectivity index (χ2n) is 3.34. The van der Waals surface area contributed by atoms with Gasteiger partial charge in [0.2, 0.25) is 5.91 Å². The number of amides is 1. The van der Waals surface area contributed by atoms with Crippen molar-refractivity contribution in [3.8, 4) is 0 Å². The topological polar surface area (TPSA) is 20.3 Å². The molecule has 1 aliphatic rings. The summed E-state index contributed by atoms with van der Waals surface area (Å²) in [6.07, 6.45) is 0.430. The maximum absolute atomic E-state index is 12.9. The Labute approximate surface area is 87.1 Å². The Kier molecular flexibility index (Phi) is 2.46. The summed E-state index contributed by atoms with van der Waals surface area (Å²) in [4.78, 5) is 13.0. The van der Waals surface area contributed by atoms with Gasteiger partial charge in [0, 0.05) is 23.9 Å². The molecule has 0 aromatic heterocycles. The van der Waals surface area contributed by atoms with Gasteiger partial charge in [-0.25, -0.2) is 4.39 Å². The van der Waals surface area contributed by atoms with Crippen LogP contribution in [0.3, 0.4) is 0 Å². The fraction of sp³-hybridized carbons (Fsp3) is 0.300. The predicted molar refractivity (Wildman–Crippen MR) is 56.1 cm³/mol. The Hall–Kier alpha value is -1.03. The molecular weight excluding hydrogens is 201 g/mol. The Morgan fingerprint density at radius 2 is 2.29 bits per heavy atom. The SMILES string of the molecule is O=C1C[C@H](S)CN1c1cccc(F)c1. The van der Waals surface area contributed by atoms with Crippen LogP contribution in [0.4, 0.5) is 10.1 Å². The molecule has 74 valence electrons. The molecule has 1 aliphatic heterocycles. The lowest BCUT2D eigenvalue weighted by Crippen LogP contribution is -2.24. The Bertz CT molecular complexity index is 369. The Balaban J connectivity index is 2.27. The van der Waals surface area contributed by atoms with E-state index in [0.29, 0.717) is 18.7 Å². The molecule has 0 radical (unpaired) electrons. The molecule has 0 N–H and O–H groups in total. The molecule has 1 atom stereocenters. The highest BCUT2D eigenvalue weighted by molar-refractivity contribution is 7.81. The number of rotatable bonds is 1. The quantitative estimate of drug-likeness (QED) is 0.703. The van der Waals surface area contributed by atoms with Gasteiger partial charge in [-0.05, 0) is 18.2 Å². The summed E-state index contributed by atoms with van der Waals surface area (Å²) >= 11 is 4.23. The molecule has 0 unspecified atom stereocenters. The van der Waals surface area contributed by atoms with Crippen LogP contribution in [-0.2, 0) is 4.79 Å². The minimum atomic E-state index is -0.321. The van der Waals surface area contributed by atoms with E-state index in [2.05, 4.69) is 12.6 Å². The fourth-order valence-electron chi connectivity index (χ4n) is 1.58. The molecule has 2 nitrogen and oxygen atoms in total. The summed E-state index contributed by atoms with van der Waals surface area (Å²) in [6.45, 7) is 0.561. The van der Waals surface area contributed by atoms with Crippen LogP contribution in [0.15, 0.2) is 24.3 Å². The highest BCUT2D eigenvalue weighted by Crippen LogP contribution is 2.24. The van der Waals surface area contributed by atoms with Crippen molar-refractivity contribution < 1.29 is 9.18 Å². The van der Waals surface area contributed by atoms with Crippen molar-refractivity contribution in [3.63, 3.8) is 0 Å². The zero-order valence-corrected chi connectivity index (χ0v) is 8.38. The smallest absolute Gasteiger partial charge is 0.228 e. The van der Waals surface area contributed by atoms with Crippen molar-refractivity contribution in [1.29, 1.82) is 0 Å². The Morgan fingerprint density at radius 1 is 1.50 bits per heavy atom. The number of hydrogen-bond acceptors (Lipinski definition) is 2. The van der Waals surface area contributed by atoms with Crippen molar-refractivity contribution in [2.75, 3.05) is 11.4 Å². The second-order valence-corrected chi connectivity index (χ2v) is 4.07. The first kappa shape index (κ1) is 9.52. The summed E-state index contributed by atoms with van der Waals surface area (Å²) in [6, 6.07) is 6.06. The molecule has 1 saturated heterocycles. The summed E-state index contributed by atoms with van der Waals surface area (Å²) in [5, 5.41) is 0.0609. The lowest BCUT2D eigenvalue weighted by Gasteiger charge is -2.15. The molecule has 0 spiro atoms. The molecule has 0 bridgehead atoms. The van der Waals surface area contributed by atoms with Crippen molar-refractivity contribution in [2.24, 2.45) is 0 Å². The molecule has 0 aliphatic carbocycles. The number of halogens is 1. The highest BCUT2D eigenvalue weighted by Gasteiger charge is 2.28. The third-order valence-corrected chi connectivity index (χ3v) is 2.57. The number of nitrogens with zero attached hydrogens (tertiary/aromatic N) is 1. The maximum atomic E-state index is 12.9. The number of anilines is 1. The van der Waals surface area contributed by atoms with Gasteiger partial charge in [0.25, 0.3) is 0 Å². The lowest BCUT2D eigenvalue weighted by atomic mass is 10.3. The standard InChI is InChI=1S/C10H10FNOS/c11-7-2-1-3-8(4-7)12-6-9(14)5-10(12)13/h1-4,9,14H,5-6H2/t9-/m0/s1. The minimum absolute atomic E-state index is 0.00981. The largest absolute Gasteiger partial charge is 0.311 e. The maximum Gasteiger partial charge on any atom is 0.228 e. The molecule has 1 aromatic carbocycles. The molecule has 4 heteroatoms. The van der Waals surface area contributed by atoms with Gasteiger partial charge in [-0.1, -0.05) is 6.07 Å².